The molecule has 11 heteroatoms. The van der Waals surface area contributed by atoms with E-state index in [4.69, 9.17) is 15.7 Å². The van der Waals surface area contributed by atoms with Crippen LogP contribution in [0, 0.1) is 11.7 Å². The molecule has 3 heterocycles. The molecule has 4 rings (SSSR count). The lowest BCUT2D eigenvalue weighted by Crippen LogP contribution is -2.25. The van der Waals surface area contributed by atoms with E-state index in [1.54, 1.807) is 9.47 Å². The molecule has 2 fully saturated rings. The molecule has 2 aliphatic rings. The number of nitrogens with zero attached hydrogens (tertiary/aromatic N) is 4. The van der Waals surface area contributed by atoms with Crippen LogP contribution in [0.5, 0.6) is 5.75 Å². The molecule has 2 aromatic rings. The fraction of sp³-hybridized carbons (Fsp3) is 0.444. The highest BCUT2D eigenvalue weighted by Crippen LogP contribution is 2.38. The number of anilines is 1. The van der Waals surface area contributed by atoms with Gasteiger partial charge in [-0.25, -0.2) is 14.2 Å². The zero-order valence-corrected chi connectivity index (χ0v) is 15.7. The van der Waals surface area contributed by atoms with Crippen LogP contribution in [0.25, 0.3) is 11.0 Å². The smallest absolute Gasteiger partial charge is 0.449 e. The fourth-order valence-corrected chi connectivity index (χ4v) is 3.59. The van der Waals surface area contributed by atoms with Crippen molar-refractivity contribution < 1.29 is 23.9 Å². The highest BCUT2D eigenvalue weighted by Gasteiger charge is 2.33. The summed E-state index contributed by atoms with van der Waals surface area (Å²) in [5, 5.41) is 12.8. The van der Waals surface area contributed by atoms with E-state index in [1.807, 2.05) is 0 Å². The van der Waals surface area contributed by atoms with Gasteiger partial charge in [0.2, 0.25) is 5.43 Å². The van der Waals surface area contributed by atoms with Crippen LogP contribution < -0.4 is 20.8 Å². The second-order valence-corrected chi connectivity index (χ2v) is 7.07. The minimum absolute atomic E-state index is 0.0303. The Balaban J connectivity index is 1.83. The molecule has 1 aliphatic heterocycles. The van der Waals surface area contributed by atoms with E-state index < -0.39 is 17.4 Å². The minimum Gasteiger partial charge on any atom is -0.449 e. The van der Waals surface area contributed by atoms with Crippen LogP contribution in [-0.2, 0) is 4.84 Å². The average Bonchev–Trinajstić information content (AvgIpc) is 3.44. The minimum atomic E-state index is -1.61. The topological polar surface area (TPSA) is 132 Å². The van der Waals surface area contributed by atoms with Gasteiger partial charge in [-0.3, -0.25) is 4.79 Å². The molecule has 1 saturated heterocycles. The lowest BCUT2D eigenvalue weighted by atomic mass is 10.1. The number of pyridine rings is 2. The Morgan fingerprint density at radius 1 is 1.48 bits per heavy atom. The van der Waals surface area contributed by atoms with Crippen LogP contribution in [-0.4, -0.2) is 53.3 Å². The van der Waals surface area contributed by atoms with Crippen LogP contribution in [0.3, 0.4) is 0 Å². The molecule has 0 bridgehead atoms. The summed E-state index contributed by atoms with van der Waals surface area (Å²) in [7, 11) is 1.43. The largest absolute Gasteiger partial charge is 0.511 e. The maximum Gasteiger partial charge on any atom is 0.511 e. The zero-order chi connectivity index (χ0) is 20.7. The van der Waals surface area contributed by atoms with Crippen molar-refractivity contribution in [3.8, 4) is 5.75 Å². The molecule has 29 heavy (non-hydrogen) atoms. The van der Waals surface area contributed by atoms with Gasteiger partial charge in [0.25, 0.3) is 0 Å². The van der Waals surface area contributed by atoms with Crippen LogP contribution in [0.15, 0.2) is 22.2 Å². The first-order chi connectivity index (χ1) is 13.9. The summed E-state index contributed by atoms with van der Waals surface area (Å²) in [5.74, 6) is -1.08. The molecule has 0 amide bonds. The van der Waals surface area contributed by atoms with Crippen LogP contribution in [0.1, 0.15) is 18.9 Å². The lowest BCUT2D eigenvalue weighted by molar-refractivity contribution is 0.143. The molecule has 2 aromatic heterocycles. The van der Waals surface area contributed by atoms with Gasteiger partial charge in [0, 0.05) is 25.0 Å². The third-order valence-electron chi connectivity index (χ3n) is 5.10. The molecule has 0 radical (unpaired) electrons. The molecule has 0 spiro atoms. The van der Waals surface area contributed by atoms with Gasteiger partial charge in [-0.05, 0) is 18.9 Å². The summed E-state index contributed by atoms with van der Waals surface area (Å²) >= 11 is 0. The number of carbonyl (C=O) groups is 1. The van der Waals surface area contributed by atoms with E-state index >= 15 is 0 Å². The number of aromatic nitrogens is 2. The Morgan fingerprint density at radius 3 is 2.86 bits per heavy atom. The number of hydrogen-bond donors (Lipinski definition) is 2. The lowest BCUT2D eigenvalue weighted by Gasteiger charge is -2.19. The first-order valence-corrected chi connectivity index (χ1v) is 9.14. The highest BCUT2D eigenvalue weighted by atomic mass is 19.1. The van der Waals surface area contributed by atoms with Gasteiger partial charge in [-0.2, -0.15) is 0 Å². The van der Waals surface area contributed by atoms with Gasteiger partial charge < -0.3 is 29.9 Å². The Labute approximate surface area is 164 Å². The van der Waals surface area contributed by atoms with E-state index in [1.165, 1.54) is 13.3 Å². The third kappa shape index (κ3) is 3.48. The maximum absolute atomic E-state index is 14.9. The number of oxime groups is 1. The standard InChI is InChI=1S/C18H20FN5O5/c1-28-22-13-7-23(6-9(13)5-20)17-12(19)4-11-15(25)14(29-18(26)27)8-24(10-2-3-10)16(11)21-17/h4,8-10H,2-3,5-7,20H2,1H3,(H,26,27)/t9-/m1/s1. The van der Waals surface area contributed by atoms with E-state index in [0.717, 1.165) is 18.9 Å². The predicted octanol–water partition coefficient (Wildman–Crippen LogP) is 1.32. The Hall–Kier alpha value is -3.21. The van der Waals surface area contributed by atoms with Crippen molar-refractivity contribution in [3.63, 3.8) is 0 Å². The monoisotopic (exact) mass is 405 g/mol. The van der Waals surface area contributed by atoms with E-state index in [2.05, 4.69) is 14.9 Å². The summed E-state index contributed by atoms with van der Waals surface area (Å²) in [6.45, 7) is 1.05. The first kappa shape index (κ1) is 19.1. The number of halogens is 1. The fourth-order valence-electron chi connectivity index (χ4n) is 3.59. The molecular formula is C18H20FN5O5. The number of nitrogens with two attached hydrogens (primary N) is 1. The molecule has 0 aromatic carbocycles. The second-order valence-electron chi connectivity index (χ2n) is 7.07. The van der Waals surface area contributed by atoms with Gasteiger partial charge in [0.1, 0.15) is 12.8 Å². The molecule has 1 atom stereocenters. The van der Waals surface area contributed by atoms with E-state index in [9.17, 15) is 14.0 Å². The van der Waals surface area contributed by atoms with Gasteiger partial charge >= 0.3 is 6.16 Å². The summed E-state index contributed by atoms with van der Waals surface area (Å²) in [6.07, 6.45) is 1.42. The van der Waals surface area contributed by atoms with Crippen molar-refractivity contribution in [1.82, 2.24) is 9.55 Å². The van der Waals surface area contributed by atoms with Crippen molar-refractivity contribution in [2.45, 2.75) is 18.9 Å². The third-order valence-corrected chi connectivity index (χ3v) is 5.10. The van der Waals surface area contributed by atoms with Gasteiger partial charge in [-0.1, -0.05) is 5.16 Å². The normalized spacial score (nSPS) is 20.4. The number of fused-ring (bicyclic) bond motifs is 1. The molecule has 154 valence electrons. The molecule has 0 unspecified atom stereocenters. The van der Waals surface area contributed by atoms with Gasteiger partial charge in [-0.15, -0.1) is 0 Å². The van der Waals surface area contributed by atoms with Crippen molar-refractivity contribution in [1.29, 1.82) is 0 Å². The van der Waals surface area contributed by atoms with E-state index in [-0.39, 0.29) is 34.6 Å². The Kier molecular flexibility index (Phi) is 4.82. The molecule has 10 nitrogen and oxygen atoms in total. The number of rotatable bonds is 5. The van der Waals surface area contributed by atoms with E-state index in [0.29, 0.717) is 25.3 Å². The van der Waals surface area contributed by atoms with Crippen molar-refractivity contribution >= 4 is 28.7 Å². The Morgan fingerprint density at radius 2 is 2.24 bits per heavy atom. The first-order valence-electron chi connectivity index (χ1n) is 9.14. The summed E-state index contributed by atoms with van der Waals surface area (Å²) < 4.78 is 21.2. The van der Waals surface area contributed by atoms with Crippen molar-refractivity contribution in [3.05, 3.63) is 28.3 Å². The molecule has 3 N–H and O–H groups in total. The van der Waals surface area contributed by atoms with Crippen LogP contribution in [0.4, 0.5) is 15.0 Å². The van der Waals surface area contributed by atoms with Crippen LogP contribution >= 0.6 is 0 Å². The van der Waals surface area contributed by atoms with Crippen molar-refractivity contribution in [2.24, 2.45) is 16.8 Å². The zero-order valence-electron chi connectivity index (χ0n) is 15.7. The summed E-state index contributed by atoms with van der Waals surface area (Å²) in [6, 6.07) is 1.14. The quantitative estimate of drug-likeness (QED) is 0.562. The number of ether oxygens (including phenoxy) is 1. The molecule has 1 aliphatic carbocycles. The average molecular weight is 405 g/mol. The SMILES string of the molecule is CON=C1CN(c2nc3c(cc2F)c(=O)c(OC(=O)O)cn3C2CC2)C[C@H]1CN. The molecular weight excluding hydrogens is 385 g/mol. The van der Waals surface area contributed by atoms with Gasteiger partial charge in [0.05, 0.1) is 23.8 Å². The summed E-state index contributed by atoms with van der Waals surface area (Å²) in [4.78, 5) is 34.5. The predicted molar refractivity (Wildman–Crippen MR) is 102 cm³/mol. The second kappa shape index (κ2) is 7.32. The van der Waals surface area contributed by atoms with Gasteiger partial charge in [0.15, 0.2) is 17.4 Å². The van der Waals surface area contributed by atoms with Crippen LogP contribution in [0.2, 0.25) is 0 Å². The number of hydrogen-bond acceptors (Lipinski definition) is 8. The highest BCUT2D eigenvalue weighted by molar-refractivity contribution is 5.94. The van der Waals surface area contributed by atoms with Crippen molar-refractivity contribution in [2.75, 3.05) is 31.6 Å². The maximum atomic E-state index is 14.9. The summed E-state index contributed by atoms with van der Waals surface area (Å²) in [5.41, 5.74) is 6.05. The number of carboxylic acid groups (broad SMARTS) is 1. The Bertz CT molecular complexity index is 1060. The molecule has 1 saturated carbocycles.